The Morgan fingerprint density at radius 2 is 1.52 bits per heavy atom. The maximum atomic E-state index is 13.5. The second kappa shape index (κ2) is 11.8. The zero-order chi connectivity index (χ0) is 22.9. The van der Waals surface area contributed by atoms with Crippen molar-refractivity contribution in [3.63, 3.8) is 0 Å². The van der Waals surface area contributed by atoms with Gasteiger partial charge in [0.25, 0.3) is 0 Å². The topological polar surface area (TPSA) is 61.9 Å². The molecule has 1 N–H and O–H groups in total. The van der Waals surface area contributed by atoms with Crippen LogP contribution in [0.25, 0.3) is 0 Å². The largest absolute Gasteiger partial charge is 0.445 e. The first-order valence-electron chi connectivity index (χ1n) is 12.2. The Hall–Kier alpha value is -2.86. The molecule has 2 aliphatic heterocycles. The summed E-state index contributed by atoms with van der Waals surface area (Å²) in [7, 11) is 0. The second-order valence-electron chi connectivity index (χ2n) is 9.18. The number of ether oxygens (including phenoxy) is 1. The maximum absolute atomic E-state index is 13.5. The van der Waals surface area contributed by atoms with E-state index in [4.69, 9.17) is 4.74 Å². The Morgan fingerprint density at radius 1 is 0.879 bits per heavy atom. The second-order valence-corrected chi connectivity index (χ2v) is 9.18. The monoisotopic (exact) mass is 449 g/mol. The first kappa shape index (κ1) is 23.3. The van der Waals surface area contributed by atoms with E-state index < -0.39 is 12.1 Å². The molecule has 2 aliphatic rings. The van der Waals surface area contributed by atoms with Gasteiger partial charge in [0.1, 0.15) is 12.6 Å². The number of nitrogens with one attached hydrogen (secondary N) is 1. The molecule has 2 amide bonds. The van der Waals surface area contributed by atoms with Gasteiger partial charge in [-0.05, 0) is 55.8 Å². The van der Waals surface area contributed by atoms with Crippen molar-refractivity contribution in [1.29, 1.82) is 0 Å². The fraction of sp³-hybridized carbons (Fsp3) is 0.481. The summed E-state index contributed by atoms with van der Waals surface area (Å²) in [5.74, 6) is 0.584. The normalized spacial score (nSPS) is 18.5. The Labute approximate surface area is 196 Å². The third-order valence-electron chi connectivity index (χ3n) is 6.75. The highest BCUT2D eigenvalue weighted by Gasteiger charge is 2.31. The van der Waals surface area contributed by atoms with Gasteiger partial charge in [0.05, 0.1) is 0 Å². The molecule has 2 aromatic rings. The summed E-state index contributed by atoms with van der Waals surface area (Å²) in [5.41, 5.74) is 1.68. The first-order chi connectivity index (χ1) is 16.2. The lowest BCUT2D eigenvalue weighted by Crippen LogP contribution is -2.47. The van der Waals surface area contributed by atoms with Crippen molar-refractivity contribution in [3.05, 3.63) is 71.8 Å². The molecule has 2 saturated heterocycles. The van der Waals surface area contributed by atoms with Crippen molar-refractivity contribution >= 4 is 12.0 Å². The average molecular weight is 450 g/mol. The van der Waals surface area contributed by atoms with Crippen LogP contribution < -0.4 is 5.32 Å². The predicted octanol–water partition coefficient (Wildman–Crippen LogP) is 4.38. The average Bonchev–Trinajstić information content (AvgIpc) is 2.88. The molecule has 2 heterocycles. The van der Waals surface area contributed by atoms with Gasteiger partial charge in [-0.15, -0.1) is 0 Å². The van der Waals surface area contributed by atoms with Gasteiger partial charge in [0, 0.05) is 19.6 Å². The van der Waals surface area contributed by atoms with Gasteiger partial charge >= 0.3 is 6.09 Å². The van der Waals surface area contributed by atoms with E-state index in [1.165, 1.54) is 32.4 Å². The number of carbonyl (C=O) groups excluding carboxylic acids is 2. The highest BCUT2D eigenvalue weighted by molar-refractivity contribution is 5.87. The molecule has 0 aliphatic carbocycles. The molecular formula is C27H35N3O3. The Kier molecular flexibility index (Phi) is 8.36. The van der Waals surface area contributed by atoms with E-state index in [1.54, 1.807) is 0 Å². The minimum atomic E-state index is -0.742. The molecule has 6 heteroatoms. The van der Waals surface area contributed by atoms with Crippen LogP contribution >= 0.6 is 0 Å². The third kappa shape index (κ3) is 6.81. The smallest absolute Gasteiger partial charge is 0.408 e. The van der Waals surface area contributed by atoms with Crippen molar-refractivity contribution < 1.29 is 14.3 Å². The molecule has 6 nitrogen and oxygen atoms in total. The summed E-state index contributed by atoms with van der Waals surface area (Å²) in [6, 6.07) is 18.2. The molecule has 0 spiro atoms. The number of benzene rings is 2. The van der Waals surface area contributed by atoms with Crippen LogP contribution in [0.5, 0.6) is 0 Å². The molecule has 176 valence electrons. The lowest BCUT2D eigenvalue weighted by atomic mass is 9.94. The fourth-order valence-corrected chi connectivity index (χ4v) is 4.84. The number of hydrogen-bond donors (Lipinski definition) is 1. The molecule has 0 saturated carbocycles. The van der Waals surface area contributed by atoms with E-state index in [1.807, 2.05) is 65.6 Å². The Bertz CT molecular complexity index is 876. The lowest BCUT2D eigenvalue weighted by Gasteiger charge is -2.37. The molecule has 0 unspecified atom stereocenters. The SMILES string of the molecule is O=C(N[C@@H](C(=O)N1CCC(CN2CCCCC2)CC1)c1ccccc1)OCc1ccccc1. The van der Waals surface area contributed by atoms with Crippen molar-refractivity contribution in [2.75, 3.05) is 32.7 Å². The number of piperidine rings is 2. The summed E-state index contributed by atoms with van der Waals surface area (Å²) in [6.45, 7) is 5.22. The molecule has 1 atom stereocenters. The summed E-state index contributed by atoms with van der Waals surface area (Å²) < 4.78 is 5.39. The summed E-state index contributed by atoms with van der Waals surface area (Å²) in [6.07, 6.45) is 5.42. The maximum Gasteiger partial charge on any atom is 0.408 e. The number of rotatable bonds is 7. The Morgan fingerprint density at radius 3 is 2.18 bits per heavy atom. The number of alkyl carbamates (subject to hydrolysis) is 1. The Balaban J connectivity index is 1.33. The molecular weight excluding hydrogens is 414 g/mol. The van der Waals surface area contributed by atoms with E-state index in [-0.39, 0.29) is 12.5 Å². The number of hydrogen-bond acceptors (Lipinski definition) is 4. The predicted molar refractivity (Wildman–Crippen MR) is 129 cm³/mol. The molecule has 2 fully saturated rings. The van der Waals surface area contributed by atoms with E-state index >= 15 is 0 Å². The van der Waals surface area contributed by atoms with Gasteiger partial charge in [-0.1, -0.05) is 67.1 Å². The van der Waals surface area contributed by atoms with Gasteiger partial charge in [-0.2, -0.15) is 0 Å². The standard InChI is InChI=1S/C27H35N3O3/c31-26(30-18-14-22(15-19-30)20-29-16-8-3-9-17-29)25(24-12-6-2-7-13-24)28-27(32)33-21-23-10-4-1-5-11-23/h1-2,4-7,10-13,22,25H,3,8-9,14-21H2,(H,28,32)/t25-/m1/s1. The quantitative estimate of drug-likeness (QED) is 0.682. The van der Waals surface area contributed by atoms with E-state index in [2.05, 4.69) is 10.2 Å². The summed E-state index contributed by atoms with van der Waals surface area (Å²) in [4.78, 5) is 30.5. The summed E-state index contributed by atoms with van der Waals surface area (Å²) in [5, 5.41) is 2.82. The van der Waals surface area contributed by atoms with Crippen LogP contribution in [0.15, 0.2) is 60.7 Å². The number of likely N-dealkylation sites (tertiary alicyclic amines) is 2. The van der Waals surface area contributed by atoms with Gasteiger partial charge in [-0.3, -0.25) is 4.79 Å². The zero-order valence-corrected chi connectivity index (χ0v) is 19.3. The molecule has 4 rings (SSSR count). The lowest BCUT2D eigenvalue weighted by molar-refractivity contribution is -0.135. The minimum Gasteiger partial charge on any atom is -0.445 e. The van der Waals surface area contributed by atoms with Crippen LogP contribution in [0, 0.1) is 5.92 Å². The van der Waals surface area contributed by atoms with Gasteiger partial charge in [0.2, 0.25) is 5.91 Å². The molecule has 2 aromatic carbocycles. The van der Waals surface area contributed by atoms with Crippen LogP contribution in [0.2, 0.25) is 0 Å². The minimum absolute atomic E-state index is 0.0608. The van der Waals surface area contributed by atoms with Crippen molar-refractivity contribution in [1.82, 2.24) is 15.1 Å². The van der Waals surface area contributed by atoms with Crippen LogP contribution in [0.4, 0.5) is 4.79 Å². The fourth-order valence-electron chi connectivity index (χ4n) is 4.84. The molecule has 0 aromatic heterocycles. The van der Waals surface area contributed by atoms with Gasteiger partial charge in [-0.25, -0.2) is 4.79 Å². The van der Waals surface area contributed by atoms with Crippen LogP contribution in [-0.4, -0.2) is 54.5 Å². The number of nitrogens with zero attached hydrogens (tertiary/aromatic N) is 2. The van der Waals surface area contributed by atoms with Crippen molar-refractivity contribution in [2.45, 2.75) is 44.8 Å². The van der Waals surface area contributed by atoms with Crippen LogP contribution in [0.1, 0.15) is 49.3 Å². The van der Waals surface area contributed by atoms with E-state index in [0.717, 1.165) is 43.6 Å². The first-order valence-corrected chi connectivity index (χ1v) is 12.2. The molecule has 0 bridgehead atoms. The molecule has 0 radical (unpaired) electrons. The van der Waals surface area contributed by atoms with Crippen LogP contribution in [-0.2, 0) is 16.1 Å². The van der Waals surface area contributed by atoms with Gasteiger partial charge in [0.15, 0.2) is 0 Å². The van der Waals surface area contributed by atoms with Crippen molar-refractivity contribution in [2.24, 2.45) is 5.92 Å². The number of amides is 2. The van der Waals surface area contributed by atoms with E-state index in [0.29, 0.717) is 5.92 Å². The number of carbonyl (C=O) groups is 2. The third-order valence-corrected chi connectivity index (χ3v) is 6.75. The van der Waals surface area contributed by atoms with E-state index in [9.17, 15) is 9.59 Å². The highest BCUT2D eigenvalue weighted by Crippen LogP contribution is 2.24. The zero-order valence-electron chi connectivity index (χ0n) is 19.3. The summed E-state index contributed by atoms with van der Waals surface area (Å²) >= 11 is 0. The highest BCUT2D eigenvalue weighted by atomic mass is 16.5. The van der Waals surface area contributed by atoms with Crippen molar-refractivity contribution in [3.8, 4) is 0 Å². The van der Waals surface area contributed by atoms with Gasteiger partial charge < -0.3 is 19.9 Å². The van der Waals surface area contributed by atoms with Crippen LogP contribution in [0.3, 0.4) is 0 Å². The molecule has 33 heavy (non-hydrogen) atoms.